The lowest BCUT2D eigenvalue weighted by Crippen LogP contribution is -2.64. The molecule has 3 atom stereocenters. The monoisotopic (exact) mass is 326 g/mol. The standard InChI is InChI=1S/C16H26N2O3S/c1-5-16(6-2)12(8-13(16)21-7-3)18-14(20)11-9-17-15(22-11)10(4)19/h9-10,12-13,19H,5-8H2,1-4H3,(H,18,20)/t10-,12-,13-/m1/s1. The van der Waals surface area contributed by atoms with Gasteiger partial charge in [-0.25, -0.2) is 4.98 Å². The van der Waals surface area contributed by atoms with Crippen LogP contribution in [0.4, 0.5) is 0 Å². The number of thiazole rings is 1. The average molecular weight is 326 g/mol. The summed E-state index contributed by atoms with van der Waals surface area (Å²) < 4.78 is 5.83. The molecule has 1 amide bonds. The topological polar surface area (TPSA) is 71.5 Å². The first kappa shape index (κ1) is 17.4. The van der Waals surface area contributed by atoms with Gasteiger partial charge in [0.25, 0.3) is 5.91 Å². The summed E-state index contributed by atoms with van der Waals surface area (Å²) in [4.78, 5) is 17.0. The van der Waals surface area contributed by atoms with Crippen LogP contribution in [-0.4, -0.2) is 34.8 Å². The van der Waals surface area contributed by atoms with Crippen molar-refractivity contribution in [2.24, 2.45) is 5.41 Å². The number of hydrogen-bond donors (Lipinski definition) is 2. The van der Waals surface area contributed by atoms with Crippen LogP contribution in [-0.2, 0) is 4.74 Å². The van der Waals surface area contributed by atoms with Crippen LogP contribution in [0.15, 0.2) is 6.20 Å². The molecule has 6 heteroatoms. The smallest absolute Gasteiger partial charge is 0.263 e. The van der Waals surface area contributed by atoms with E-state index >= 15 is 0 Å². The maximum atomic E-state index is 12.4. The first-order chi connectivity index (χ1) is 10.5. The molecule has 1 aromatic heterocycles. The SMILES string of the molecule is CCO[C@@H]1C[C@@H](NC(=O)c2cnc([C@@H](C)O)s2)C1(CC)CC. The van der Waals surface area contributed by atoms with E-state index in [2.05, 4.69) is 24.1 Å². The highest BCUT2D eigenvalue weighted by Gasteiger charge is 2.53. The van der Waals surface area contributed by atoms with Gasteiger partial charge >= 0.3 is 0 Å². The summed E-state index contributed by atoms with van der Waals surface area (Å²) in [6.45, 7) is 8.69. The zero-order chi connectivity index (χ0) is 16.3. The summed E-state index contributed by atoms with van der Waals surface area (Å²) in [6, 6.07) is 0.142. The molecule has 0 aliphatic heterocycles. The maximum absolute atomic E-state index is 12.4. The Bertz CT molecular complexity index is 511. The molecule has 2 rings (SSSR count). The van der Waals surface area contributed by atoms with Crippen molar-refractivity contribution in [1.82, 2.24) is 10.3 Å². The van der Waals surface area contributed by atoms with Crippen LogP contribution in [0, 0.1) is 5.41 Å². The number of ether oxygens (including phenoxy) is 1. The molecule has 1 fully saturated rings. The van der Waals surface area contributed by atoms with Crippen molar-refractivity contribution in [2.45, 2.75) is 65.2 Å². The molecule has 1 saturated carbocycles. The van der Waals surface area contributed by atoms with Gasteiger partial charge in [0.2, 0.25) is 0 Å². The first-order valence-corrected chi connectivity index (χ1v) is 8.86. The summed E-state index contributed by atoms with van der Waals surface area (Å²) in [6.07, 6.45) is 3.97. The number of nitrogens with zero attached hydrogens (tertiary/aromatic N) is 1. The van der Waals surface area contributed by atoms with Crippen molar-refractivity contribution in [3.63, 3.8) is 0 Å². The Morgan fingerprint density at radius 2 is 2.23 bits per heavy atom. The molecule has 0 radical (unpaired) electrons. The zero-order valence-electron chi connectivity index (χ0n) is 13.8. The number of carbonyl (C=O) groups is 1. The Hall–Kier alpha value is -0.980. The van der Waals surface area contributed by atoms with Gasteiger partial charge in [0.05, 0.1) is 12.3 Å². The van der Waals surface area contributed by atoms with Gasteiger partial charge in [0.15, 0.2) is 0 Å². The van der Waals surface area contributed by atoms with Crippen molar-refractivity contribution < 1.29 is 14.6 Å². The normalized spacial score (nSPS) is 24.6. The van der Waals surface area contributed by atoms with E-state index in [9.17, 15) is 9.90 Å². The second kappa shape index (κ2) is 7.06. The molecule has 0 unspecified atom stereocenters. The van der Waals surface area contributed by atoms with Crippen molar-refractivity contribution >= 4 is 17.2 Å². The minimum Gasteiger partial charge on any atom is -0.386 e. The minimum absolute atomic E-state index is 0.0312. The van der Waals surface area contributed by atoms with Crippen molar-refractivity contribution in [2.75, 3.05) is 6.61 Å². The van der Waals surface area contributed by atoms with E-state index in [0.717, 1.165) is 19.3 Å². The lowest BCUT2D eigenvalue weighted by atomic mass is 9.58. The number of rotatable bonds is 7. The predicted molar refractivity (Wildman–Crippen MR) is 87.0 cm³/mol. The second-order valence-electron chi connectivity index (χ2n) is 5.88. The van der Waals surface area contributed by atoms with E-state index in [1.807, 2.05) is 6.92 Å². The Balaban J connectivity index is 2.04. The van der Waals surface area contributed by atoms with Gasteiger partial charge in [0.1, 0.15) is 16.0 Å². The number of aliphatic hydroxyl groups excluding tert-OH is 1. The van der Waals surface area contributed by atoms with E-state index in [1.54, 1.807) is 13.1 Å². The second-order valence-corrected chi connectivity index (χ2v) is 6.95. The van der Waals surface area contributed by atoms with Crippen molar-refractivity contribution in [1.29, 1.82) is 0 Å². The van der Waals surface area contributed by atoms with Gasteiger partial charge in [-0.1, -0.05) is 13.8 Å². The van der Waals surface area contributed by atoms with E-state index in [4.69, 9.17) is 4.74 Å². The highest BCUT2D eigenvalue weighted by Crippen LogP contribution is 2.49. The number of amides is 1. The Morgan fingerprint density at radius 1 is 1.55 bits per heavy atom. The number of carbonyl (C=O) groups excluding carboxylic acids is 1. The van der Waals surface area contributed by atoms with E-state index < -0.39 is 6.10 Å². The number of aliphatic hydroxyl groups is 1. The molecule has 0 bridgehead atoms. The molecular weight excluding hydrogens is 300 g/mol. The van der Waals surface area contributed by atoms with E-state index in [-0.39, 0.29) is 23.5 Å². The predicted octanol–water partition coefficient (Wildman–Crippen LogP) is 2.91. The van der Waals surface area contributed by atoms with Gasteiger partial charge < -0.3 is 15.2 Å². The molecule has 1 heterocycles. The lowest BCUT2D eigenvalue weighted by molar-refractivity contribution is -0.134. The van der Waals surface area contributed by atoms with Gasteiger partial charge in [-0.05, 0) is 33.1 Å². The molecule has 22 heavy (non-hydrogen) atoms. The Labute approximate surface area is 136 Å². The van der Waals surface area contributed by atoms with Crippen molar-refractivity contribution in [3.8, 4) is 0 Å². The summed E-state index contributed by atoms with van der Waals surface area (Å²) in [5.74, 6) is -0.101. The third-order valence-corrected chi connectivity index (χ3v) is 6.05. The quantitative estimate of drug-likeness (QED) is 0.808. The summed E-state index contributed by atoms with van der Waals surface area (Å²) >= 11 is 1.25. The van der Waals surface area contributed by atoms with E-state index in [1.165, 1.54) is 11.3 Å². The van der Waals surface area contributed by atoms with Gasteiger partial charge in [-0.3, -0.25) is 4.79 Å². The molecule has 1 aromatic rings. The largest absolute Gasteiger partial charge is 0.386 e. The van der Waals surface area contributed by atoms with Crippen LogP contribution >= 0.6 is 11.3 Å². The molecule has 5 nitrogen and oxygen atoms in total. The number of nitrogens with one attached hydrogen (secondary N) is 1. The lowest BCUT2D eigenvalue weighted by Gasteiger charge is -2.55. The molecular formula is C16H26N2O3S. The van der Waals surface area contributed by atoms with Crippen LogP contribution in [0.5, 0.6) is 0 Å². The number of hydrogen-bond acceptors (Lipinski definition) is 5. The average Bonchev–Trinajstić information content (AvgIpc) is 2.97. The first-order valence-electron chi connectivity index (χ1n) is 8.04. The van der Waals surface area contributed by atoms with Crippen LogP contribution in [0.3, 0.4) is 0 Å². The molecule has 0 aromatic carbocycles. The fourth-order valence-electron chi connectivity index (χ4n) is 3.40. The van der Waals surface area contributed by atoms with Crippen LogP contribution < -0.4 is 5.32 Å². The third kappa shape index (κ3) is 3.05. The Kier molecular flexibility index (Phi) is 5.58. The van der Waals surface area contributed by atoms with Gasteiger partial charge in [-0.2, -0.15) is 0 Å². The summed E-state index contributed by atoms with van der Waals surface area (Å²) in [7, 11) is 0. The summed E-state index contributed by atoms with van der Waals surface area (Å²) in [5.41, 5.74) is 0.0312. The molecule has 0 spiro atoms. The molecule has 1 aliphatic rings. The van der Waals surface area contributed by atoms with Crippen LogP contribution in [0.25, 0.3) is 0 Å². The molecule has 124 valence electrons. The van der Waals surface area contributed by atoms with Gasteiger partial charge in [0, 0.05) is 18.1 Å². The Morgan fingerprint density at radius 3 is 2.73 bits per heavy atom. The van der Waals surface area contributed by atoms with Gasteiger partial charge in [-0.15, -0.1) is 11.3 Å². The fourth-order valence-corrected chi connectivity index (χ4v) is 4.16. The fraction of sp³-hybridized carbons (Fsp3) is 0.750. The minimum atomic E-state index is -0.636. The third-order valence-electron chi connectivity index (χ3n) is 4.88. The zero-order valence-corrected chi connectivity index (χ0v) is 14.6. The highest BCUT2D eigenvalue weighted by atomic mass is 32.1. The van der Waals surface area contributed by atoms with Crippen LogP contribution in [0.2, 0.25) is 0 Å². The highest BCUT2D eigenvalue weighted by molar-refractivity contribution is 7.13. The summed E-state index contributed by atoms with van der Waals surface area (Å²) in [5, 5.41) is 13.2. The maximum Gasteiger partial charge on any atom is 0.263 e. The number of aromatic nitrogens is 1. The van der Waals surface area contributed by atoms with Crippen LogP contribution in [0.1, 0.15) is 67.7 Å². The van der Waals surface area contributed by atoms with Crippen molar-refractivity contribution in [3.05, 3.63) is 16.1 Å². The van der Waals surface area contributed by atoms with E-state index in [0.29, 0.717) is 16.5 Å². The molecule has 0 saturated heterocycles. The molecule has 1 aliphatic carbocycles. The molecule has 2 N–H and O–H groups in total.